The number of pyridine rings is 1. The number of benzene rings is 2. The van der Waals surface area contributed by atoms with E-state index in [-0.39, 0.29) is 5.97 Å². The molecular weight excluding hydrogens is 348 g/mol. The highest BCUT2D eigenvalue weighted by Gasteiger charge is 2.34. The third-order valence-electron chi connectivity index (χ3n) is 6.22. The largest absolute Gasteiger partial charge is 0.462 e. The zero-order valence-electron chi connectivity index (χ0n) is 16.4. The number of carbonyl (C=O) groups is 1. The van der Waals surface area contributed by atoms with E-state index >= 15 is 0 Å². The Kier molecular flexibility index (Phi) is 4.17. The van der Waals surface area contributed by atoms with Crippen molar-refractivity contribution in [3.63, 3.8) is 0 Å². The minimum Gasteiger partial charge on any atom is -0.462 e. The number of ether oxygens (including phenoxy) is 1. The van der Waals surface area contributed by atoms with Crippen LogP contribution in [0, 0.1) is 6.92 Å². The summed E-state index contributed by atoms with van der Waals surface area (Å²) in [7, 11) is 0. The molecule has 2 aromatic carbocycles. The lowest BCUT2D eigenvalue weighted by molar-refractivity contribution is 0.0526. The summed E-state index contributed by atoms with van der Waals surface area (Å²) in [6.45, 7) is 6.44. The van der Waals surface area contributed by atoms with Gasteiger partial charge in [0.25, 0.3) is 0 Å². The number of fused-ring (bicyclic) bond motifs is 5. The van der Waals surface area contributed by atoms with E-state index in [1.807, 2.05) is 25.1 Å². The Morgan fingerprint density at radius 3 is 2.86 bits per heavy atom. The number of nitrogens with zero attached hydrogens (tertiary/aromatic N) is 2. The molecule has 0 N–H and O–H groups in total. The van der Waals surface area contributed by atoms with E-state index < -0.39 is 0 Å². The quantitative estimate of drug-likeness (QED) is 0.626. The van der Waals surface area contributed by atoms with Gasteiger partial charge >= 0.3 is 5.97 Å². The number of hydrogen-bond acceptors (Lipinski definition) is 4. The van der Waals surface area contributed by atoms with Crippen LogP contribution in [0.25, 0.3) is 10.9 Å². The van der Waals surface area contributed by atoms with Gasteiger partial charge in [0.1, 0.15) is 0 Å². The molecule has 0 spiro atoms. The summed E-state index contributed by atoms with van der Waals surface area (Å²) in [5.41, 5.74) is 8.27. The lowest BCUT2D eigenvalue weighted by atomic mass is 9.84. The molecule has 0 amide bonds. The Morgan fingerprint density at radius 2 is 2.04 bits per heavy atom. The maximum Gasteiger partial charge on any atom is 0.338 e. The number of hydrogen-bond donors (Lipinski definition) is 0. The van der Waals surface area contributed by atoms with Crippen LogP contribution in [-0.4, -0.2) is 29.0 Å². The van der Waals surface area contributed by atoms with Crippen molar-refractivity contribution >= 4 is 16.9 Å². The topological polar surface area (TPSA) is 42.4 Å². The SMILES string of the molecule is CCOC(=O)c1ccc2nc3c(c(C)c2c1)CCN1Cc2ccccc2C[C@@H]31. The fraction of sp³-hybridized carbons (Fsp3) is 0.333. The fourth-order valence-electron chi connectivity index (χ4n) is 4.76. The monoisotopic (exact) mass is 372 g/mol. The molecule has 0 bridgehead atoms. The second-order valence-electron chi connectivity index (χ2n) is 7.76. The van der Waals surface area contributed by atoms with Crippen molar-refractivity contribution in [1.29, 1.82) is 0 Å². The molecule has 142 valence electrons. The summed E-state index contributed by atoms with van der Waals surface area (Å²) in [6, 6.07) is 14.8. The average Bonchev–Trinajstić information content (AvgIpc) is 2.72. The molecule has 1 aromatic heterocycles. The fourth-order valence-corrected chi connectivity index (χ4v) is 4.76. The Balaban J connectivity index is 1.60. The third kappa shape index (κ3) is 2.71. The molecule has 2 aliphatic rings. The first-order valence-corrected chi connectivity index (χ1v) is 10.1. The number of aromatic nitrogens is 1. The van der Waals surface area contributed by atoms with Gasteiger partial charge in [-0.3, -0.25) is 9.88 Å². The number of esters is 1. The number of rotatable bonds is 2. The lowest BCUT2D eigenvalue weighted by Gasteiger charge is -2.41. The summed E-state index contributed by atoms with van der Waals surface area (Å²) >= 11 is 0. The second-order valence-corrected chi connectivity index (χ2v) is 7.76. The zero-order chi connectivity index (χ0) is 19.3. The summed E-state index contributed by atoms with van der Waals surface area (Å²) in [5.74, 6) is -0.267. The van der Waals surface area contributed by atoms with Crippen LogP contribution in [0.1, 0.15) is 51.3 Å². The van der Waals surface area contributed by atoms with Crippen molar-refractivity contribution in [2.24, 2.45) is 0 Å². The predicted molar refractivity (Wildman–Crippen MR) is 109 cm³/mol. The van der Waals surface area contributed by atoms with Crippen molar-refractivity contribution in [2.75, 3.05) is 13.2 Å². The second kappa shape index (κ2) is 6.71. The molecule has 0 saturated carbocycles. The number of aryl methyl sites for hydroxylation is 1. The minimum absolute atomic E-state index is 0.267. The van der Waals surface area contributed by atoms with E-state index in [2.05, 4.69) is 36.1 Å². The number of carbonyl (C=O) groups excluding carboxylic acids is 1. The van der Waals surface area contributed by atoms with Crippen LogP contribution >= 0.6 is 0 Å². The Labute approximate surface area is 165 Å². The van der Waals surface area contributed by atoms with Gasteiger partial charge in [-0.25, -0.2) is 4.79 Å². The predicted octanol–water partition coefficient (Wildman–Crippen LogP) is 4.38. The third-order valence-corrected chi connectivity index (χ3v) is 6.22. The maximum absolute atomic E-state index is 12.1. The molecule has 1 atom stereocenters. The van der Waals surface area contributed by atoms with Gasteiger partial charge in [0.2, 0.25) is 0 Å². The van der Waals surface area contributed by atoms with Gasteiger partial charge in [0, 0.05) is 18.5 Å². The van der Waals surface area contributed by atoms with E-state index in [0.29, 0.717) is 18.2 Å². The van der Waals surface area contributed by atoms with Crippen molar-refractivity contribution in [2.45, 2.75) is 39.3 Å². The smallest absolute Gasteiger partial charge is 0.338 e. The van der Waals surface area contributed by atoms with Gasteiger partial charge < -0.3 is 4.74 Å². The molecule has 0 radical (unpaired) electrons. The lowest BCUT2D eigenvalue weighted by Crippen LogP contribution is -2.40. The van der Waals surface area contributed by atoms with E-state index in [1.54, 1.807) is 0 Å². The van der Waals surface area contributed by atoms with Gasteiger partial charge in [-0.1, -0.05) is 24.3 Å². The molecule has 4 heteroatoms. The molecule has 2 aliphatic heterocycles. The van der Waals surface area contributed by atoms with Crippen LogP contribution in [0.3, 0.4) is 0 Å². The van der Waals surface area contributed by atoms with Crippen LogP contribution in [0.15, 0.2) is 42.5 Å². The highest BCUT2D eigenvalue weighted by atomic mass is 16.5. The molecule has 3 aromatic rings. The molecule has 0 unspecified atom stereocenters. The molecule has 0 fully saturated rings. The van der Waals surface area contributed by atoms with Gasteiger partial charge in [0.05, 0.1) is 29.4 Å². The van der Waals surface area contributed by atoms with Gasteiger partial charge in [-0.05, 0) is 67.1 Å². The van der Waals surface area contributed by atoms with Crippen LogP contribution in [0.2, 0.25) is 0 Å². The van der Waals surface area contributed by atoms with Crippen molar-refractivity contribution in [3.05, 3.63) is 76.0 Å². The Morgan fingerprint density at radius 1 is 1.21 bits per heavy atom. The highest BCUT2D eigenvalue weighted by molar-refractivity contribution is 5.95. The average molecular weight is 372 g/mol. The van der Waals surface area contributed by atoms with Crippen molar-refractivity contribution in [1.82, 2.24) is 9.88 Å². The van der Waals surface area contributed by atoms with E-state index in [9.17, 15) is 4.79 Å². The first-order valence-electron chi connectivity index (χ1n) is 10.1. The molecule has 5 rings (SSSR count). The first kappa shape index (κ1) is 17.4. The molecule has 0 aliphatic carbocycles. The summed E-state index contributed by atoms with van der Waals surface area (Å²) in [4.78, 5) is 19.8. The van der Waals surface area contributed by atoms with Gasteiger partial charge in [-0.15, -0.1) is 0 Å². The van der Waals surface area contributed by atoms with E-state index in [1.165, 1.54) is 27.9 Å². The zero-order valence-corrected chi connectivity index (χ0v) is 16.4. The molecule has 4 nitrogen and oxygen atoms in total. The summed E-state index contributed by atoms with van der Waals surface area (Å²) in [5, 5.41) is 1.06. The Bertz CT molecular complexity index is 1090. The van der Waals surface area contributed by atoms with Crippen molar-refractivity contribution < 1.29 is 9.53 Å². The van der Waals surface area contributed by atoms with E-state index in [0.717, 1.165) is 36.8 Å². The normalized spacial score (nSPS) is 18.3. The highest BCUT2D eigenvalue weighted by Crippen LogP contribution is 2.39. The molecule has 28 heavy (non-hydrogen) atoms. The van der Waals surface area contributed by atoms with Crippen LogP contribution in [0.4, 0.5) is 0 Å². The molecule has 3 heterocycles. The van der Waals surface area contributed by atoms with Gasteiger partial charge in [-0.2, -0.15) is 0 Å². The summed E-state index contributed by atoms with van der Waals surface area (Å²) in [6.07, 6.45) is 2.02. The van der Waals surface area contributed by atoms with Crippen molar-refractivity contribution in [3.8, 4) is 0 Å². The standard InChI is InChI=1S/C24H24N2O2/c1-3-28-24(27)17-8-9-21-20(12-17)15(2)19-10-11-26-14-18-7-5-4-6-16(18)13-22(26)23(19)25-21/h4-9,12,22H,3,10-11,13-14H2,1-2H3/t22-/m0/s1. The Hall–Kier alpha value is -2.72. The summed E-state index contributed by atoms with van der Waals surface area (Å²) < 4.78 is 5.17. The van der Waals surface area contributed by atoms with Crippen LogP contribution < -0.4 is 0 Å². The molecule has 0 saturated heterocycles. The molecular formula is C24H24N2O2. The van der Waals surface area contributed by atoms with Crippen LogP contribution in [0.5, 0.6) is 0 Å². The first-order chi connectivity index (χ1) is 13.7. The minimum atomic E-state index is -0.267. The maximum atomic E-state index is 12.1. The van der Waals surface area contributed by atoms with Gasteiger partial charge in [0.15, 0.2) is 0 Å². The van der Waals surface area contributed by atoms with Crippen LogP contribution in [-0.2, 0) is 24.1 Å². The van der Waals surface area contributed by atoms with E-state index in [4.69, 9.17) is 9.72 Å².